The summed E-state index contributed by atoms with van der Waals surface area (Å²) >= 11 is 0. The Kier molecular flexibility index (Phi) is 4.13. The first-order chi connectivity index (χ1) is 11.4. The highest BCUT2D eigenvalue weighted by molar-refractivity contribution is 6.08. The van der Waals surface area contributed by atoms with Crippen LogP contribution in [0.4, 0.5) is 4.79 Å². The van der Waals surface area contributed by atoms with Gasteiger partial charge >= 0.3 is 6.03 Å². The van der Waals surface area contributed by atoms with Crippen molar-refractivity contribution in [1.29, 1.82) is 0 Å². The summed E-state index contributed by atoms with van der Waals surface area (Å²) in [7, 11) is 0. The van der Waals surface area contributed by atoms with Crippen molar-refractivity contribution in [2.75, 3.05) is 19.6 Å². The van der Waals surface area contributed by atoms with Crippen LogP contribution in [0.3, 0.4) is 0 Å². The monoisotopic (exact) mass is 327 g/mol. The molecule has 2 heterocycles. The van der Waals surface area contributed by atoms with Crippen LogP contribution in [-0.4, -0.2) is 52.8 Å². The first-order valence-electron chi connectivity index (χ1n) is 8.05. The third kappa shape index (κ3) is 3.04. The SMILES string of the molecule is CC1(C)NC(=O)N(CC(=O)N2CC=C(c3ccccc3)CC2)C1=O. The fourth-order valence-electron chi connectivity index (χ4n) is 3.01. The molecule has 6 nitrogen and oxygen atoms in total. The molecule has 2 aliphatic rings. The zero-order valence-corrected chi connectivity index (χ0v) is 13.9. The molecule has 3 rings (SSSR count). The highest BCUT2D eigenvalue weighted by Gasteiger charge is 2.45. The molecule has 0 bridgehead atoms. The minimum absolute atomic E-state index is 0.206. The van der Waals surface area contributed by atoms with E-state index in [2.05, 4.69) is 17.4 Å². The summed E-state index contributed by atoms with van der Waals surface area (Å²) in [6, 6.07) is 9.57. The minimum Gasteiger partial charge on any atom is -0.337 e. The van der Waals surface area contributed by atoms with Crippen LogP contribution in [0.25, 0.3) is 5.57 Å². The Hall–Kier alpha value is -2.63. The Labute approximate surface area is 141 Å². The Balaban J connectivity index is 1.63. The molecule has 1 N–H and O–H groups in total. The van der Waals surface area contributed by atoms with Crippen molar-refractivity contribution >= 4 is 23.4 Å². The third-order valence-electron chi connectivity index (χ3n) is 4.44. The number of carbonyl (C=O) groups excluding carboxylic acids is 3. The van der Waals surface area contributed by atoms with Crippen molar-refractivity contribution in [3.8, 4) is 0 Å². The number of nitrogens with zero attached hydrogens (tertiary/aromatic N) is 2. The summed E-state index contributed by atoms with van der Waals surface area (Å²) in [5.41, 5.74) is 1.44. The number of rotatable bonds is 3. The number of urea groups is 1. The van der Waals surface area contributed by atoms with Crippen molar-refractivity contribution < 1.29 is 14.4 Å². The average molecular weight is 327 g/mol. The molecule has 1 aromatic carbocycles. The zero-order chi connectivity index (χ0) is 17.3. The van der Waals surface area contributed by atoms with Gasteiger partial charge in [-0.25, -0.2) is 4.79 Å². The Morgan fingerprint density at radius 2 is 1.92 bits per heavy atom. The smallest absolute Gasteiger partial charge is 0.325 e. The molecule has 0 aromatic heterocycles. The summed E-state index contributed by atoms with van der Waals surface area (Å²) in [6.45, 7) is 4.15. The molecule has 1 aromatic rings. The van der Waals surface area contributed by atoms with E-state index in [4.69, 9.17) is 0 Å². The van der Waals surface area contributed by atoms with Crippen molar-refractivity contribution in [1.82, 2.24) is 15.1 Å². The summed E-state index contributed by atoms with van der Waals surface area (Å²) in [5, 5.41) is 2.58. The predicted molar refractivity (Wildman–Crippen MR) is 89.9 cm³/mol. The second-order valence-corrected chi connectivity index (χ2v) is 6.63. The highest BCUT2D eigenvalue weighted by atomic mass is 16.2. The first-order valence-corrected chi connectivity index (χ1v) is 8.05. The lowest BCUT2D eigenvalue weighted by atomic mass is 9.99. The second-order valence-electron chi connectivity index (χ2n) is 6.63. The first kappa shape index (κ1) is 16.2. The summed E-state index contributed by atoms with van der Waals surface area (Å²) in [6.07, 6.45) is 2.80. The quantitative estimate of drug-likeness (QED) is 0.858. The van der Waals surface area contributed by atoms with Crippen molar-refractivity contribution in [3.05, 3.63) is 42.0 Å². The van der Waals surface area contributed by atoms with Gasteiger partial charge in [-0.15, -0.1) is 0 Å². The molecule has 0 unspecified atom stereocenters. The molecule has 0 aliphatic carbocycles. The van der Waals surface area contributed by atoms with E-state index < -0.39 is 11.6 Å². The van der Waals surface area contributed by atoms with Crippen LogP contribution in [0, 0.1) is 0 Å². The van der Waals surface area contributed by atoms with Gasteiger partial charge in [0.15, 0.2) is 0 Å². The van der Waals surface area contributed by atoms with Gasteiger partial charge in [-0.05, 0) is 31.4 Å². The molecule has 24 heavy (non-hydrogen) atoms. The van der Waals surface area contributed by atoms with Crippen LogP contribution in [0.1, 0.15) is 25.8 Å². The van der Waals surface area contributed by atoms with E-state index in [1.54, 1.807) is 18.7 Å². The maximum absolute atomic E-state index is 12.4. The van der Waals surface area contributed by atoms with Gasteiger partial charge in [0.1, 0.15) is 12.1 Å². The molecule has 6 heteroatoms. The number of nitrogens with one attached hydrogen (secondary N) is 1. The van der Waals surface area contributed by atoms with E-state index in [0.29, 0.717) is 13.1 Å². The van der Waals surface area contributed by atoms with Gasteiger partial charge in [-0.1, -0.05) is 36.4 Å². The molecule has 1 saturated heterocycles. The lowest BCUT2D eigenvalue weighted by molar-refractivity contribution is -0.138. The molecule has 0 atom stereocenters. The maximum Gasteiger partial charge on any atom is 0.325 e. The van der Waals surface area contributed by atoms with Gasteiger partial charge in [0.05, 0.1) is 0 Å². The van der Waals surface area contributed by atoms with Gasteiger partial charge < -0.3 is 10.2 Å². The van der Waals surface area contributed by atoms with Gasteiger partial charge in [-0.3, -0.25) is 14.5 Å². The Morgan fingerprint density at radius 1 is 1.21 bits per heavy atom. The fraction of sp³-hybridized carbons (Fsp3) is 0.389. The average Bonchev–Trinajstić information content (AvgIpc) is 2.77. The number of hydrogen-bond donors (Lipinski definition) is 1. The Bertz CT molecular complexity index is 709. The van der Waals surface area contributed by atoms with Gasteiger partial charge in [0, 0.05) is 13.1 Å². The summed E-state index contributed by atoms with van der Waals surface area (Å²) in [4.78, 5) is 39.1. The van der Waals surface area contributed by atoms with Crippen molar-refractivity contribution in [2.24, 2.45) is 0 Å². The van der Waals surface area contributed by atoms with E-state index >= 15 is 0 Å². The highest BCUT2D eigenvalue weighted by Crippen LogP contribution is 2.22. The van der Waals surface area contributed by atoms with Gasteiger partial charge in [-0.2, -0.15) is 0 Å². The molecule has 0 saturated carbocycles. The van der Waals surface area contributed by atoms with Crippen LogP contribution in [0.2, 0.25) is 0 Å². The van der Waals surface area contributed by atoms with E-state index in [9.17, 15) is 14.4 Å². The number of benzene rings is 1. The van der Waals surface area contributed by atoms with Gasteiger partial charge in [0.2, 0.25) is 5.91 Å². The number of carbonyl (C=O) groups is 3. The lowest BCUT2D eigenvalue weighted by Gasteiger charge is -2.28. The molecular formula is C18H21N3O3. The number of amides is 4. The lowest BCUT2D eigenvalue weighted by Crippen LogP contribution is -2.45. The molecule has 2 aliphatic heterocycles. The molecule has 126 valence electrons. The zero-order valence-electron chi connectivity index (χ0n) is 13.9. The molecule has 1 fully saturated rings. The number of hydrogen-bond acceptors (Lipinski definition) is 3. The third-order valence-corrected chi connectivity index (χ3v) is 4.44. The van der Waals surface area contributed by atoms with Crippen molar-refractivity contribution in [3.63, 3.8) is 0 Å². The predicted octanol–water partition coefficient (Wildman–Crippen LogP) is 1.63. The van der Waals surface area contributed by atoms with Crippen LogP contribution in [-0.2, 0) is 9.59 Å². The van der Waals surface area contributed by atoms with Crippen molar-refractivity contribution in [2.45, 2.75) is 25.8 Å². The molecule has 0 spiro atoms. The van der Waals surface area contributed by atoms with E-state index in [1.807, 2.05) is 24.3 Å². The number of imide groups is 1. The normalized spacial score (nSPS) is 20.0. The van der Waals surface area contributed by atoms with Crippen LogP contribution >= 0.6 is 0 Å². The summed E-state index contributed by atoms with van der Waals surface area (Å²) in [5.74, 6) is -0.571. The summed E-state index contributed by atoms with van der Waals surface area (Å²) < 4.78 is 0. The topological polar surface area (TPSA) is 69.7 Å². The van der Waals surface area contributed by atoms with Crippen LogP contribution in [0.5, 0.6) is 0 Å². The second kappa shape index (κ2) is 6.11. The maximum atomic E-state index is 12.4. The molecule has 0 radical (unpaired) electrons. The minimum atomic E-state index is -0.945. The van der Waals surface area contributed by atoms with E-state index in [-0.39, 0.29) is 18.4 Å². The molecular weight excluding hydrogens is 306 g/mol. The largest absolute Gasteiger partial charge is 0.337 e. The van der Waals surface area contributed by atoms with E-state index in [0.717, 1.165) is 11.3 Å². The van der Waals surface area contributed by atoms with Crippen LogP contribution in [0.15, 0.2) is 36.4 Å². The molecule has 4 amide bonds. The van der Waals surface area contributed by atoms with Crippen LogP contribution < -0.4 is 5.32 Å². The van der Waals surface area contributed by atoms with Gasteiger partial charge in [0.25, 0.3) is 5.91 Å². The standard InChI is InChI=1S/C18H21N3O3/c1-18(2)16(23)21(17(24)19-18)12-15(22)20-10-8-14(9-11-20)13-6-4-3-5-7-13/h3-8H,9-12H2,1-2H3,(H,19,24). The fourth-order valence-corrected chi connectivity index (χ4v) is 3.01. The Morgan fingerprint density at radius 3 is 2.46 bits per heavy atom. The van der Waals surface area contributed by atoms with E-state index in [1.165, 1.54) is 11.1 Å².